The third kappa shape index (κ3) is 3.36. The number of ether oxygens (including phenoxy) is 1. The SMILES string of the molecule is CCOc1ncnc(Nc2ccc(Br)cc2Br)c1N. The lowest BCUT2D eigenvalue weighted by Gasteiger charge is -2.12. The maximum absolute atomic E-state index is 5.96. The minimum absolute atomic E-state index is 0.383. The van der Waals surface area contributed by atoms with Gasteiger partial charge in [-0.2, -0.15) is 4.98 Å². The van der Waals surface area contributed by atoms with Crippen molar-refractivity contribution in [1.82, 2.24) is 9.97 Å². The highest BCUT2D eigenvalue weighted by Crippen LogP contribution is 2.32. The zero-order valence-electron chi connectivity index (χ0n) is 10.2. The lowest BCUT2D eigenvalue weighted by Crippen LogP contribution is -2.05. The van der Waals surface area contributed by atoms with Crippen molar-refractivity contribution in [1.29, 1.82) is 0 Å². The van der Waals surface area contributed by atoms with Crippen molar-refractivity contribution < 1.29 is 4.74 Å². The van der Waals surface area contributed by atoms with E-state index in [1.165, 1.54) is 6.33 Å². The number of nitrogens with zero attached hydrogens (tertiary/aromatic N) is 2. The molecule has 19 heavy (non-hydrogen) atoms. The number of nitrogens with one attached hydrogen (secondary N) is 1. The molecule has 0 aliphatic carbocycles. The Bertz CT molecular complexity index is 592. The fourth-order valence-electron chi connectivity index (χ4n) is 1.45. The fourth-order valence-corrected chi connectivity index (χ4v) is 2.60. The van der Waals surface area contributed by atoms with Crippen molar-refractivity contribution in [2.24, 2.45) is 0 Å². The van der Waals surface area contributed by atoms with Gasteiger partial charge in [0, 0.05) is 8.95 Å². The third-order valence-corrected chi connectivity index (χ3v) is 3.46. The van der Waals surface area contributed by atoms with Crippen LogP contribution in [0.25, 0.3) is 0 Å². The summed E-state index contributed by atoms with van der Waals surface area (Å²) in [5, 5.41) is 3.14. The van der Waals surface area contributed by atoms with E-state index in [9.17, 15) is 0 Å². The first-order valence-corrected chi connectivity index (χ1v) is 7.15. The molecule has 0 radical (unpaired) electrons. The Morgan fingerprint density at radius 2 is 2.11 bits per heavy atom. The Balaban J connectivity index is 2.30. The Morgan fingerprint density at radius 1 is 1.32 bits per heavy atom. The number of halogens is 2. The first kappa shape index (κ1) is 14.1. The summed E-state index contributed by atoms with van der Waals surface area (Å²) in [7, 11) is 0. The Kier molecular flexibility index (Phi) is 4.60. The quantitative estimate of drug-likeness (QED) is 0.836. The van der Waals surface area contributed by atoms with E-state index in [1.54, 1.807) is 0 Å². The summed E-state index contributed by atoms with van der Waals surface area (Å²) in [4.78, 5) is 8.11. The summed E-state index contributed by atoms with van der Waals surface area (Å²) in [6.45, 7) is 2.38. The van der Waals surface area contributed by atoms with Gasteiger partial charge in [0.1, 0.15) is 12.0 Å². The van der Waals surface area contributed by atoms with E-state index in [0.29, 0.717) is 24.0 Å². The van der Waals surface area contributed by atoms with Crippen LogP contribution in [0.3, 0.4) is 0 Å². The number of rotatable bonds is 4. The van der Waals surface area contributed by atoms with Crippen LogP contribution in [0.1, 0.15) is 6.92 Å². The molecule has 7 heteroatoms. The van der Waals surface area contributed by atoms with Crippen LogP contribution in [0.4, 0.5) is 17.2 Å². The van der Waals surface area contributed by atoms with Crippen LogP contribution in [-0.2, 0) is 0 Å². The molecule has 0 amide bonds. The molecule has 1 aromatic heterocycles. The van der Waals surface area contributed by atoms with E-state index in [4.69, 9.17) is 10.5 Å². The zero-order chi connectivity index (χ0) is 13.8. The van der Waals surface area contributed by atoms with Crippen molar-refractivity contribution in [3.63, 3.8) is 0 Å². The van der Waals surface area contributed by atoms with Crippen molar-refractivity contribution in [2.75, 3.05) is 17.7 Å². The molecule has 0 saturated carbocycles. The van der Waals surface area contributed by atoms with Crippen LogP contribution in [0.5, 0.6) is 5.88 Å². The summed E-state index contributed by atoms with van der Waals surface area (Å²) in [5.74, 6) is 0.898. The summed E-state index contributed by atoms with van der Waals surface area (Å²) in [6.07, 6.45) is 1.41. The molecule has 0 spiro atoms. The second-order valence-electron chi connectivity index (χ2n) is 3.62. The molecular weight excluding hydrogens is 376 g/mol. The van der Waals surface area contributed by atoms with Gasteiger partial charge >= 0.3 is 0 Å². The topological polar surface area (TPSA) is 73.1 Å². The number of aromatic nitrogens is 2. The second-order valence-corrected chi connectivity index (χ2v) is 5.39. The molecule has 2 aromatic rings. The van der Waals surface area contributed by atoms with Crippen LogP contribution in [0.15, 0.2) is 33.5 Å². The predicted molar refractivity (Wildman–Crippen MR) is 82.7 cm³/mol. The van der Waals surface area contributed by atoms with Gasteiger partial charge in [-0.3, -0.25) is 0 Å². The van der Waals surface area contributed by atoms with E-state index in [2.05, 4.69) is 47.1 Å². The molecule has 0 unspecified atom stereocenters. The van der Waals surface area contributed by atoms with E-state index in [1.807, 2.05) is 25.1 Å². The Labute approximate surface area is 127 Å². The Morgan fingerprint density at radius 3 is 2.79 bits per heavy atom. The summed E-state index contributed by atoms with van der Waals surface area (Å²) < 4.78 is 7.21. The average molecular weight is 388 g/mol. The maximum Gasteiger partial charge on any atom is 0.242 e. The standard InChI is InChI=1S/C12H12Br2N4O/c1-2-19-12-10(15)11(16-6-17-12)18-9-4-3-7(13)5-8(9)14/h3-6H,2,15H2,1H3,(H,16,17,18). The smallest absolute Gasteiger partial charge is 0.242 e. The Hall–Kier alpha value is -1.34. The van der Waals surface area contributed by atoms with E-state index in [0.717, 1.165) is 14.6 Å². The average Bonchev–Trinajstić information content (AvgIpc) is 2.37. The van der Waals surface area contributed by atoms with Gasteiger partial charge in [-0.1, -0.05) is 15.9 Å². The van der Waals surface area contributed by atoms with Crippen LogP contribution >= 0.6 is 31.9 Å². The molecule has 0 fully saturated rings. The molecule has 3 N–H and O–H groups in total. The molecular formula is C12H12Br2N4O. The highest BCUT2D eigenvalue weighted by atomic mass is 79.9. The fraction of sp³-hybridized carbons (Fsp3) is 0.167. The van der Waals surface area contributed by atoms with Crippen LogP contribution < -0.4 is 15.8 Å². The van der Waals surface area contributed by atoms with Gasteiger partial charge in [0.2, 0.25) is 5.88 Å². The first-order valence-electron chi connectivity index (χ1n) is 5.57. The molecule has 100 valence electrons. The monoisotopic (exact) mass is 386 g/mol. The van der Waals surface area contributed by atoms with Gasteiger partial charge in [-0.25, -0.2) is 4.98 Å². The summed E-state index contributed by atoms with van der Waals surface area (Å²) >= 11 is 6.87. The summed E-state index contributed by atoms with van der Waals surface area (Å²) in [6, 6.07) is 5.77. The lowest BCUT2D eigenvalue weighted by atomic mass is 10.3. The van der Waals surface area contributed by atoms with Gasteiger partial charge in [-0.15, -0.1) is 0 Å². The molecule has 0 saturated heterocycles. The highest BCUT2D eigenvalue weighted by molar-refractivity contribution is 9.11. The molecule has 0 atom stereocenters. The number of benzene rings is 1. The number of hydrogen-bond acceptors (Lipinski definition) is 5. The summed E-state index contributed by atoms with van der Waals surface area (Å²) in [5.41, 5.74) is 7.21. The van der Waals surface area contributed by atoms with E-state index in [-0.39, 0.29) is 0 Å². The van der Waals surface area contributed by atoms with E-state index >= 15 is 0 Å². The van der Waals surface area contributed by atoms with Crippen LogP contribution in [0.2, 0.25) is 0 Å². The number of nitrogens with two attached hydrogens (primary N) is 1. The molecule has 1 heterocycles. The molecule has 1 aromatic carbocycles. The second kappa shape index (κ2) is 6.21. The number of nitrogen functional groups attached to an aromatic ring is 1. The van der Waals surface area contributed by atoms with Gasteiger partial charge in [0.25, 0.3) is 0 Å². The van der Waals surface area contributed by atoms with Crippen molar-refractivity contribution in [2.45, 2.75) is 6.92 Å². The van der Waals surface area contributed by atoms with Crippen LogP contribution in [0, 0.1) is 0 Å². The van der Waals surface area contributed by atoms with Crippen LogP contribution in [-0.4, -0.2) is 16.6 Å². The molecule has 0 aliphatic heterocycles. The molecule has 5 nitrogen and oxygen atoms in total. The van der Waals surface area contributed by atoms with Crippen molar-refractivity contribution >= 4 is 49.1 Å². The minimum atomic E-state index is 0.383. The normalized spacial score (nSPS) is 10.3. The number of anilines is 3. The predicted octanol–water partition coefficient (Wildman–Crippen LogP) is 3.73. The third-order valence-electron chi connectivity index (χ3n) is 2.31. The zero-order valence-corrected chi connectivity index (χ0v) is 13.3. The van der Waals surface area contributed by atoms with E-state index < -0.39 is 0 Å². The lowest BCUT2D eigenvalue weighted by molar-refractivity contribution is 0.328. The molecule has 2 rings (SSSR count). The van der Waals surface area contributed by atoms with Crippen molar-refractivity contribution in [3.8, 4) is 5.88 Å². The van der Waals surface area contributed by atoms with Gasteiger partial charge in [0.15, 0.2) is 5.82 Å². The van der Waals surface area contributed by atoms with Gasteiger partial charge in [-0.05, 0) is 41.1 Å². The highest BCUT2D eigenvalue weighted by Gasteiger charge is 2.10. The minimum Gasteiger partial charge on any atom is -0.476 e. The maximum atomic E-state index is 5.96. The van der Waals surface area contributed by atoms with Gasteiger partial charge in [0.05, 0.1) is 12.3 Å². The molecule has 0 aliphatic rings. The largest absolute Gasteiger partial charge is 0.476 e. The number of hydrogen-bond donors (Lipinski definition) is 2. The first-order chi connectivity index (χ1) is 9.11. The van der Waals surface area contributed by atoms with Crippen molar-refractivity contribution in [3.05, 3.63) is 33.5 Å². The molecule has 0 bridgehead atoms. The van der Waals surface area contributed by atoms with Gasteiger partial charge < -0.3 is 15.8 Å².